The number of amides is 1. The van der Waals surface area contributed by atoms with Crippen molar-refractivity contribution in [2.24, 2.45) is 5.92 Å². The van der Waals surface area contributed by atoms with Gasteiger partial charge in [0.05, 0.1) is 5.69 Å². The summed E-state index contributed by atoms with van der Waals surface area (Å²) in [6.45, 7) is 1.81. The maximum Gasteiger partial charge on any atom is 0.227 e. The molecule has 0 bridgehead atoms. The van der Waals surface area contributed by atoms with E-state index in [1.54, 1.807) is 30.3 Å². The number of piperidine rings is 1. The summed E-state index contributed by atoms with van der Waals surface area (Å²) < 4.78 is 20.0. The van der Waals surface area contributed by atoms with Crippen LogP contribution in [0, 0.1) is 11.7 Å². The first kappa shape index (κ1) is 22.6. The lowest BCUT2D eigenvalue weighted by Crippen LogP contribution is -2.38. The number of anilines is 1. The summed E-state index contributed by atoms with van der Waals surface area (Å²) >= 11 is 12.3. The zero-order chi connectivity index (χ0) is 22.5. The summed E-state index contributed by atoms with van der Waals surface area (Å²) in [7, 11) is 0. The summed E-state index contributed by atoms with van der Waals surface area (Å²) in [6.07, 6.45) is 1.35. The number of para-hydroxylation sites is 1. The van der Waals surface area contributed by atoms with Crippen LogP contribution in [0.1, 0.15) is 18.4 Å². The third-order valence-electron chi connectivity index (χ3n) is 5.57. The normalized spacial score (nSPS) is 14.8. The molecule has 0 aliphatic carbocycles. The van der Waals surface area contributed by atoms with Crippen molar-refractivity contribution >= 4 is 34.8 Å². The maximum absolute atomic E-state index is 14.1. The largest absolute Gasteiger partial charge is 0.455 e. The molecule has 3 aromatic carbocycles. The Balaban J connectivity index is 1.37. The SMILES string of the molecule is O=C(Nc1cc(Cl)ccc1Oc1ccccc1)C1CCN(Cc2c(F)cccc2Cl)CC1. The van der Waals surface area contributed by atoms with Gasteiger partial charge >= 0.3 is 0 Å². The van der Waals surface area contributed by atoms with E-state index in [1.165, 1.54) is 6.07 Å². The lowest BCUT2D eigenvalue weighted by atomic mass is 9.95. The van der Waals surface area contributed by atoms with Crippen LogP contribution >= 0.6 is 23.2 Å². The van der Waals surface area contributed by atoms with Crippen molar-refractivity contribution in [3.05, 3.63) is 88.2 Å². The van der Waals surface area contributed by atoms with Crippen molar-refractivity contribution in [2.75, 3.05) is 18.4 Å². The number of ether oxygens (including phenoxy) is 1. The quantitative estimate of drug-likeness (QED) is 0.429. The van der Waals surface area contributed by atoms with Crippen LogP contribution in [0.5, 0.6) is 11.5 Å². The van der Waals surface area contributed by atoms with E-state index in [4.69, 9.17) is 27.9 Å². The fourth-order valence-corrected chi connectivity index (χ4v) is 4.19. The number of benzene rings is 3. The van der Waals surface area contributed by atoms with E-state index in [-0.39, 0.29) is 17.6 Å². The van der Waals surface area contributed by atoms with Crippen molar-refractivity contribution in [2.45, 2.75) is 19.4 Å². The third kappa shape index (κ3) is 5.60. The van der Waals surface area contributed by atoms with E-state index < -0.39 is 0 Å². The molecule has 1 heterocycles. The standard InChI is InChI=1S/C25H23Cl2FN2O2/c26-18-9-10-24(32-19-5-2-1-3-6-19)23(15-18)29-25(31)17-11-13-30(14-12-17)16-20-21(27)7-4-8-22(20)28/h1-10,15,17H,11-14,16H2,(H,29,31). The Morgan fingerprint density at radius 2 is 1.78 bits per heavy atom. The molecule has 0 spiro atoms. The summed E-state index contributed by atoms with van der Waals surface area (Å²) in [5, 5.41) is 3.92. The van der Waals surface area contributed by atoms with Crippen LogP contribution in [-0.2, 0) is 11.3 Å². The number of nitrogens with one attached hydrogen (secondary N) is 1. The molecule has 0 atom stereocenters. The fraction of sp³-hybridized carbons (Fsp3) is 0.240. The zero-order valence-electron chi connectivity index (χ0n) is 17.4. The Hall–Kier alpha value is -2.60. The van der Waals surface area contributed by atoms with Crippen LogP contribution in [0.3, 0.4) is 0 Å². The second-order valence-electron chi connectivity index (χ2n) is 7.80. The number of carbonyl (C=O) groups is 1. The zero-order valence-corrected chi connectivity index (χ0v) is 18.9. The Morgan fingerprint density at radius 1 is 1.03 bits per heavy atom. The maximum atomic E-state index is 14.1. The Morgan fingerprint density at radius 3 is 2.50 bits per heavy atom. The van der Waals surface area contributed by atoms with Gasteiger partial charge < -0.3 is 10.1 Å². The van der Waals surface area contributed by atoms with E-state index in [9.17, 15) is 9.18 Å². The Labute approximate surface area is 196 Å². The van der Waals surface area contributed by atoms with Gasteiger partial charge in [-0.1, -0.05) is 47.5 Å². The molecule has 7 heteroatoms. The van der Waals surface area contributed by atoms with Crippen LogP contribution in [0.2, 0.25) is 10.0 Å². The average Bonchev–Trinajstić information content (AvgIpc) is 2.79. The molecule has 4 nitrogen and oxygen atoms in total. The number of nitrogens with zero attached hydrogens (tertiary/aromatic N) is 1. The third-order valence-corrected chi connectivity index (χ3v) is 6.16. The molecular formula is C25H23Cl2FN2O2. The molecule has 166 valence electrons. The molecule has 4 rings (SSSR count). The highest BCUT2D eigenvalue weighted by molar-refractivity contribution is 6.31. The predicted octanol–water partition coefficient (Wildman–Crippen LogP) is 6.78. The van der Waals surface area contributed by atoms with Gasteiger partial charge in [0.1, 0.15) is 11.6 Å². The van der Waals surface area contributed by atoms with Crippen LogP contribution in [0.15, 0.2) is 66.7 Å². The van der Waals surface area contributed by atoms with E-state index in [1.807, 2.05) is 30.3 Å². The molecule has 1 N–H and O–H groups in total. The van der Waals surface area contributed by atoms with Gasteiger partial charge in [-0.15, -0.1) is 0 Å². The highest BCUT2D eigenvalue weighted by Crippen LogP contribution is 2.33. The average molecular weight is 473 g/mol. The van der Waals surface area contributed by atoms with E-state index >= 15 is 0 Å². The first-order chi connectivity index (χ1) is 15.5. The molecule has 1 aliphatic rings. The molecule has 0 saturated carbocycles. The molecule has 0 unspecified atom stereocenters. The lowest BCUT2D eigenvalue weighted by molar-refractivity contribution is -0.121. The highest BCUT2D eigenvalue weighted by atomic mass is 35.5. The van der Waals surface area contributed by atoms with Gasteiger partial charge in [-0.25, -0.2) is 4.39 Å². The number of halogens is 3. The molecular weight excluding hydrogens is 450 g/mol. The predicted molar refractivity (Wildman–Crippen MR) is 126 cm³/mol. The van der Waals surface area contributed by atoms with Gasteiger partial charge in [-0.3, -0.25) is 9.69 Å². The molecule has 0 radical (unpaired) electrons. The Bertz CT molecular complexity index is 1070. The molecule has 3 aromatic rings. The van der Waals surface area contributed by atoms with Crippen molar-refractivity contribution in [1.82, 2.24) is 4.90 Å². The van der Waals surface area contributed by atoms with Gasteiger partial charge in [0, 0.05) is 28.1 Å². The van der Waals surface area contributed by atoms with Crippen LogP contribution in [0.4, 0.5) is 10.1 Å². The summed E-state index contributed by atoms with van der Waals surface area (Å²) in [6, 6.07) is 19.2. The summed E-state index contributed by atoms with van der Waals surface area (Å²) in [5.41, 5.74) is 1.03. The Kier molecular flexibility index (Phi) is 7.30. The van der Waals surface area contributed by atoms with Crippen molar-refractivity contribution in [3.63, 3.8) is 0 Å². The summed E-state index contributed by atoms with van der Waals surface area (Å²) in [5.74, 6) is 0.676. The number of rotatable bonds is 6. The van der Waals surface area contributed by atoms with Crippen LogP contribution in [0.25, 0.3) is 0 Å². The smallest absolute Gasteiger partial charge is 0.227 e. The minimum Gasteiger partial charge on any atom is -0.455 e. The summed E-state index contributed by atoms with van der Waals surface area (Å²) in [4.78, 5) is 15.1. The topological polar surface area (TPSA) is 41.6 Å². The minimum atomic E-state index is -0.302. The second kappa shape index (κ2) is 10.3. The van der Waals surface area contributed by atoms with Gasteiger partial charge in [-0.2, -0.15) is 0 Å². The van der Waals surface area contributed by atoms with Crippen molar-refractivity contribution in [3.8, 4) is 11.5 Å². The van der Waals surface area contributed by atoms with Crippen LogP contribution in [-0.4, -0.2) is 23.9 Å². The van der Waals surface area contributed by atoms with Crippen LogP contribution < -0.4 is 10.1 Å². The van der Waals surface area contributed by atoms with Crippen molar-refractivity contribution < 1.29 is 13.9 Å². The van der Waals surface area contributed by atoms with Gasteiger partial charge in [0.15, 0.2) is 5.75 Å². The number of hydrogen-bond acceptors (Lipinski definition) is 3. The van der Waals surface area contributed by atoms with E-state index in [2.05, 4.69) is 10.2 Å². The van der Waals surface area contributed by atoms with Gasteiger partial charge in [0.25, 0.3) is 0 Å². The molecule has 0 aromatic heterocycles. The first-order valence-corrected chi connectivity index (χ1v) is 11.2. The molecule has 1 aliphatic heterocycles. The number of likely N-dealkylation sites (tertiary alicyclic amines) is 1. The molecule has 1 amide bonds. The lowest BCUT2D eigenvalue weighted by Gasteiger charge is -2.31. The molecule has 1 saturated heterocycles. The van der Waals surface area contributed by atoms with E-state index in [0.29, 0.717) is 65.3 Å². The second-order valence-corrected chi connectivity index (χ2v) is 8.64. The van der Waals surface area contributed by atoms with Crippen molar-refractivity contribution in [1.29, 1.82) is 0 Å². The van der Waals surface area contributed by atoms with Gasteiger partial charge in [0.2, 0.25) is 5.91 Å². The monoisotopic (exact) mass is 472 g/mol. The van der Waals surface area contributed by atoms with E-state index in [0.717, 1.165) is 0 Å². The minimum absolute atomic E-state index is 0.0752. The fourth-order valence-electron chi connectivity index (χ4n) is 3.80. The number of hydrogen-bond donors (Lipinski definition) is 1. The first-order valence-electron chi connectivity index (χ1n) is 10.5. The molecule has 32 heavy (non-hydrogen) atoms. The number of carbonyl (C=O) groups excluding carboxylic acids is 1. The highest BCUT2D eigenvalue weighted by Gasteiger charge is 2.26. The van der Waals surface area contributed by atoms with Gasteiger partial charge in [-0.05, 0) is 68.4 Å². The molecule has 1 fully saturated rings.